The van der Waals surface area contributed by atoms with Gasteiger partial charge in [0.1, 0.15) is 11.8 Å². The lowest BCUT2D eigenvalue weighted by atomic mass is 10.0. The van der Waals surface area contributed by atoms with Gasteiger partial charge in [-0.05, 0) is 29.8 Å². The standard InChI is InChI=1S/C23H27ClN4O3/c1-16(2)23(30)27-11-9-26(10-12-27)15-22(29)28-20(21-4-3-13-31-21)14-19(25-28)17-5-7-18(24)8-6-17/h3-8,13,16,20H,9-12,14-15H2,1-2H3. The zero-order valence-corrected chi connectivity index (χ0v) is 18.6. The number of amides is 2. The molecule has 1 unspecified atom stereocenters. The number of rotatable bonds is 5. The van der Waals surface area contributed by atoms with Crippen LogP contribution in [-0.4, -0.2) is 65.1 Å². The third-order valence-corrected chi connectivity index (χ3v) is 6.00. The van der Waals surface area contributed by atoms with Crippen LogP contribution < -0.4 is 0 Å². The first-order chi connectivity index (χ1) is 14.9. The minimum absolute atomic E-state index is 0.00698. The van der Waals surface area contributed by atoms with E-state index in [1.54, 1.807) is 11.3 Å². The van der Waals surface area contributed by atoms with Crippen molar-refractivity contribution in [3.63, 3.8) is 0 Å². The maximum atomic E-state index is 13.2. The van der Waals surface area contributed by atoms with Gasteiger partial charge in [0.2, 0.25) is 5.91 Å². The van der Waals surface area contributed by atoms with Gasteiger partial charge in [0.25, 0.3) is 5.91 Å². The Morgan fingerprint density at radius 3 is 2.45 bits per heavy atom. The SMILES string of the molecule is CC(C)C(=O)N1CCN(CC(=O)N2N=C(c3ccc(Cl)cc3)CC2c2ccco2)CC1. The van der Waals surface area contributed by atoms with E-state index in [-0.39, 0.29) is 30.3 Å². The van der Waals surface area contributed by atoms with Crippen molar-refractivity contribution in [3.8, 4) is 0 Å². The first-order valence-corrected chi connectivity index (χ1v) is 11.0. The molecule has 7 nitrogen and oxygen atoms in total. The van der Waals surface area contributed by atoms with Gasteiger partial charge >= 0.3 is 0 Å². The Balaban J connectivity index is 1.45. The molecule has 1 fully saturated rings. The molecule has 2 aromatic rings. The predicted molar refractivity (Wildman–Crippen MR) is 119 cm³/mol. The van der Waals surface area contributed by atoms with E-state index >= 15 is 0 Å². The summed E-state index contributed by atoms with van der Waals surface area (Å²) in [5, 5.41) is 6.87. The molecule has 4 rings (SSSR count). The van der Waals surface area contributed by atoms with E-state index < -0.39 is 0 Å². The molecule has 0 aliphatic carbocycles. The molecule has 0 bridgehead atoms. The minimum Gasteiger partial charge on any atom is -0.467 e. The van der Waals surface area contributed by atoms with Crippen LogP contribution in [0.15, 0.2) is 52.2 Å². The number of halogens is 1. The molecular weight excluding hydrogens is 416 g/mol. The van der Waals surface area contributed by atoms with E-state index in [1.807, 2.05) is 55.1 Å². The maximum Gasteiger partial charge on any atom is 0.257 e. The number of benzene rings is 1. The molecule has 0 saturated carbocycles. The Morgan fingerprint density at radius 1 is 1.13 bits per heavy atom. The molecule has 1 saturated heterocycles. The fourth-order valence-electron chi connectivity index (χ4n) is 4.01. The second kappa shape index (κ2) is 9.24. The zero-order chi connectivity index (χ0) is 22.0. The first-order valence-electron chi connectivity index (χ1n) is 10.6. The molecular formula is C23H27ClN4O3. The van der Waals surface area contributed by atoms with Crippen LogP contribution in [0.3, 0.4) is 0 Å². The van der Waals surface area contributed by atoms with Crippen LogP contribution in [0.1, 0.15) is 37.6 Å². The van der Waals surface area contributed by atoms with Gasteiger partial charge in [-0.25, -0.2) is 5.01 Å². The Labute approximate surface area is 187 Å². The van der Waals surface area contributed by atoms with E-state index in [1.165, 1.54) is 0 Å². The molecule has 2 aliphatic rings. The summed E-state index contributed by atoms with van der Waals surface area (Å²) in [5.74, 6) is 0.801. The normalized spacial score (nSPS) is 19.7. The number of hydrogen-bond acceptors (Lipinski definition) is 5. The fraction of sp³-hybridized carbons (Fsp3) is 0.435. The highest BCUT2D eigenvalue weighted by Crippen LogP contribution is 2.33. The Bertz CT molecular complexity index is 948. The van der Waals surface area contributed by atoms with Gasteiger partial charge in [0.15, 0.2) is 0 Å². The molecule has 164 valence electrons. The third-order valence-electron chi connectivity index (χ3n) is 5.75. The minimum atomic E-state index is -0.267. The fourth-order valence-corrected chi connectivity index (χ4v) is 4.14. The number of hydrazone groups is 1. The van der Waals surface area contributed by atoms with Gasteiger partial charge in [-0.1, -0.05) is 37.6 Å². The number of hydrogen-bond donors (Lipinski definition) is 0. The van der Waals surface area contributed by atoms with E-state index in [2.05, 4.69) is 10.0 Å². The second-order valence-electron chi connectivity index (χ2n) is 8.28. The zero-order valence-electron chi connectivity index (χ0n) is 17.8. The van der Waals surface area contributed by atoms with Gasteiger partial charge < -0.3 is 9.32 Å². The van der Waals surface area contributed by atoms with Crippen molar-refractivity contribution >= 4 is 29.1 Å². The molecule has 0 N–H and O–H groups in total. The average Bonchev–Trinajstić information content (AvgIpc) is 3.44. The highest BCUT2D eigenvalue weighted by molar-refractivity contribution is 6.30. The Hall–Kier alpha value is -2.64. The lowest BCUT2D eigenvalue weighted by molar-refractivity contribution is -0.138. The molecule has 31 heavy (non-hydrogen) atoms. The van der Waals surface area contributed by atoms with Gasteiger partial charge in [0, 0.05) is 43.5 Å². The van der Waals surface area contributed by atoms with Gasteiger partial charge in [-0.15, -0.1) is 0 Å². The largest absolute Gasteiger partial charge is 0.467 e. The van der Waals surface area contributed by atoms with E-state index in [0.717, 1.165) is 11.3 Å². The summed E-state index contributed by atoms with van der Waals surface area (Å²) in [6, 6.07) is 10.9. The summed E-state index contributed by atoms with van der Waals surface area (Å²) in [6.07, 6.45) is 2.20. The van der Waals surface area contributed by atoms with Gasteiger partial charge in [-0.2, -0.15) is 5.10 Å². The van der Waals surface area contributed by atoms with Crippen molar-refractivity contribution < 1.29 is 14.0 Å². The summed E-state index contributed by atoms with van der Waals surface area (Å²) < 4.78 is 5.61. The molecule has 3 heterocycles. The lowest BCUT2D eigenvalue weighted by Crippen LogP contribution is -2.52. The topological polar surface area (TPSA) is 69.4 Å². The third kappa shape index (κ3) is 4.83. The molecule has 1 atom stereocenters. The van der Waals surface area contributed by atoms with Crippen LogP contribution in [0.5, 0.6) is 0 Å². The molecule has 0 radical (unpaired) electrons. The van der Waals surface area contributed by atoms with Crippen molar-refractivity contribution in [1.82, 2.24) is 14.8 Å². The number of piperazine rings is 1. The van der Waals surface area contributed by atoms with Crippen molar-refractivity contribution in [1.29, 1.82) is 0 Å². The molecule has 0 spiro atoms. The number of nitrogens with zero attached hydrogens (tertiary/aromatic N) is 4. The number of furan rings is 1. The highest BCUT2D eigenvalue weighted by Gasteiger charge is 2.36. The van der Waals surface area contributed by atoms with Gasteiger partial charge in [0.05, 0.1) is 18.5 Å². The van der Waals surface area contributed by atoms with Crippen molar-refractivity contribution in [2.75, 3.05) is 32.7 Å². The van der Waals surface area contributed by atoms with Crippen LogP contribution in [0.2, 0.25) is 5.02 Å². The van der Waals surface area contributed by atoms with Crippen molar-refractivity contribution in [2.45, 2.75) is 26.3 Å². The number of carbonyl (C=O) groups is 2. The van der Waals surface area contributed by atoms with Crippen molar-refractivity contribution in [3.05, 3.63) is 59.0 Å². The van der Waals surface area contributed by atoms with Crippen LogP contribution in [0.4, 0.5) is 0 Å². The average molecular weight is 443 g/mol. The second-order valence-corrected chi connectivity index (χ2v) is 8.72. The van der Waals surface area contributed by atoms with Crippen molar-refractivity contribution in [2.24, 2.45) is 11.0 Å². The van der Waals surface area contributed by atoms with E-state index in [9.17, 15) is 9.59 Å². The van der Waals surface area contributed by atoms with E-state index in [4.69, 9.17) is 16.0 Å². The van der Waals surface area contributed by atoms with Crippen LogP contribution in [0, 0.1) is 5.92 Å². The Kier molecular flexibility index (Phi) is 6.43. The van der Waals surface area contributed by atoms with Gasteiger partial charge in [-0.3, -0.25) is 14.5 Å². The summed E-state index contributed by atoms with van der Waals surface area (Å²) >= 11 is 6.01. The first kappa shape index (κ1) is 21.6. The monoisotopic (exact) mass is 442 g/mol. The van der Waals surface area contributed by atoms with Crippen LogP contribution in [0.25, 0.3) is 0 Å². The molecule has 1 aromatic heterocycles. The van der Waals surface area contributed by atoms with E-state index in [0.29, 0.717) is 43.4 Å². The smallest absolute Gasteiger partial charge is 0.257 e. The van der Waals surface area contributed by atoms with Crippen LogP contribution >= 0.6 is 11.6 Å². The lowest BCUT2D eigenvalue weighted by Gasteiger charge is -2.35. The predicted octanol–water partition coefficient (Wildman–Crippen LogP) is 3.41. The highest BCUT2D eigenvalue weighted by atomic mass is 35.5. The quantitative estimate of drug-likeness (QED) is 0.711. The summed E-state index contributed by atoms with van der Waals surface area (Å²) in [5.41, 5.74) is 1.77. The maximum absolute atomic E-state index is 13.2. The molecule has 1 aromatic carbocycles. The summed E-state index contributed by atoms with van der Waals surface area (Å²) in [4.78, 5) is 29.4. The Morgan fingerprint density at radius 2 is 1.84 bits per heavy atom. The summed E-state index contributed by atoms with van der Waals surface area (Å²) in [6.45, 7) is 6.73. The molecule has 2 amide bonds. The summed E-state index contributed by atoms with van der Waals surface area (Å²) in [7, 11) is 0. The molecule has 2 aliphatic heterocycles. The van der Waals surface area contributed by atoms with Crippen LogP contribution in [-0.2, 0) is 9.59 Å². The molecule has 8 heteroatoms. The number of carbonyl (C=O) groups excluding carboxylic acids is 2.